The molecule has 11 heteroatoms. The normalized spacial score (nSPS) is 14.6. The molecule has 0 bridgehead atoms. The number of anilines is 1. The fraction of sp³-hybridized carbons (Fsp3) is 0.394. The SMILES string of the molecule is CC[C@H](C(=O)NC1CCCCC1)N(Cc1ccc(Cl)c(Cl)c1)C(=O)CN(c1ccc(C)cc1)S(=O)(=O)c1ccc(SC)cc1. The van der Waals surface area contributed by atoms with E-state index in [-0.39, 0.29) is 23.4 Å². The second-order valence-corrected chi connectivity index (χ2v) is 14.6. The maximum Gasteiger partial charge on any atom is 0.264 e. The highest BCUT2D eigenvalue weighted by molar-refractivity contribution is 7.98. The molecule has 0 heterocycles. The standard InChI is InChI=1S/C33H39Cl2N3O4S2/c1-4-31(33(40)36-25-8-6-5-7-9-25)37(21-24-12-19-29(34)30(35)20-24)32(39)22-38(26-13-10-23(2)11-14-26)44(41,42)28-17-15-27(43-3)16-18-28/h10-20,25,31H,4-9,21-22H2,1-3H3,(H,36,40)/t31-/m1/s1. The Bertz CT molecular complexity index is 1540. The number of amides is 2. The molecule has 2 amide bonds. The van der Waals surface area contributed by atoms with E-state index in [1.54, 1.807) is 66.7 Å². The number of thioether (sulfide) groups is 1. The third kappa shape index (κ3) is 8.50. The summed E-state index contributed by atoms with van der Waals surface area (Å²) in [5, 5.41) is 3.86. The van der Waals surface area contributed by atoms with Crippen molar-refractivity contribution in [1.82, 2.24) is 10.2 Å². The van der Waals surface area contributed by atoms with E-state index in [0.29, 0.717) is 27.7 Å². The zero-order chi connectivity index (χ0) is 31.9. The Hall–Kier alpha value is -2.72. The van der Waals surface area contributed by atoms with Crippen LogP contribution in [0.1, 0.15) is 56.6 Å². The first-order valence-electron chi connectivity index (χ1n) is 14.8. The molecule has 0 unspecified atom stereocenters. The quantitative estimate of drug-likeness (QED) is 0.201. The van der Waals surface area contributed by atoms with Crippen LogP contribution in [0.2, 0.25) is 10.0 Å². The van der Waals surface area contributed by atoms with Gasteiger partial charge in [-0.1, -0.05) is 73.2 Å². The van der Waals surface area contributed by atoms with E-state index in [1.807, 2.05) is 20.1 Å². The van der Waals surface area contributed by atoms with Crippen molar-refractivity contribution >= 4 is 62.5 Å². The summed E-state index contributed by atoms with van der Waals surface area (Å²) in [4.78, 5) is 30.4. The molecule has 1 aliphatic carbocycles. The average molecular weight is 677 g/mol. The Morgan fingerprint density at radius 3 is 2.20 bits per heavy atom. The first-order valence-corrected chi connectivity index (χ1v) is 18.2. The molecule has 7 nitrogen and oxygen atoms in total. The lowest BCUT2D eigenvalue weighted by Gasteiger charge is -2.34. The maximum atomic E-state index is 14.3. The Labute approximate surface area is 275 Å². The molecule has 0 radical (unpaired) electrons. The lowest BCUT2D eigenvalue weighted by molar-refractivity contribution is -0.140. The molecule has 3 aromatic carbocycles. The van der Waals surface area contributed by atoms with Crippen molar-refractivity contribution in [2.24, 2.45) is 0 Å². The van der Waals surface area contributed by atoms with E-state index >= 15 is 0 Å². The van der Waals surface area contributed by atoms with Gasteiger partial charge in [-0.15, -0.1) is 11.8 Å². The Morgan fingerprint density at radius 2 is 1.61 bits per heavy atom. The van der Waals surface area contributed by atoms with Crippen LogP contribution in [0.4, 0.5) is 5.69 Å². The fourth-order valence-corrected chi connectivity index (χ4v) is 7.56. The first-order chi connectivity index (χ1) is 21.0. The van der Waals surface area contributed by atoms with Crippen LogP contribution in [0, 0.1) is 6.92 Å². The summed E-state index contributed by atoms with van der Waals surface area (Å²) in [6.07, 6.45) is 7.31. The summed E-state index contributed by atoms with van der Waals surface area (Å²) in [7, 11) is -4.14. The van der Waals surface area contributed by atoms with Crippen LogP contribution >= 0.6 is 35.0 Å². The van der Waals surface area contributed by atoms with E-state index in [1.165, 1.54) is 16.7 Å². The molecule has 3 aromatic rings. The highest BCUT2D eigenvalue weighted by Gasteiger charge is 2.34. The predicted octanol–water partition coefficient (Wildman–Crippen LogP) is 7.48. The smallest absolute Gasteiger partial charge is 0.264 e. The molecule has 4 rings (SSSR count). The van der Waals surface area contributed by atoms with Gasteiger partial charge in [0.05, 0.1) is 20.6 Å². The lowest BCUT2D eigenvalue weighted by Crippen LogP contribution is -2.54. The number of sulfonamides is 1. The zero-order valence-electron chi connectivity index (χ0n) is 25.3. The van der Waals surface area contributed by atoms with Gasteiger partial charge < -0.3 is 10.2 Å². The van der Waals surface area contributed by atoms with E-state index in [4.69, 9.17) is 23.2 Å². The Morgan fingerprint density at radius 1 is 0.955 bits per heavy atom. The van der Waals surface area contributed by atoms with Crippen LogP contribution in [0.3, 0.4) is 0 Å². The highest BCUT2D eigenvalue weighted by Crippen LogP contribution is 2.28. The van der Waals surface area contributed by atoms with Crippen LogP contribution in [0.5, 0.6) is 0 Å². The van der Waals surface area contributed by atoms with Crippen LogP contribution in [-0.4, -0.2) is 50.0 Å². The van der Waals surface area contributed by atoms with Crippen LogP contribution in [0.25, 0.3) is 0 Å². The van der Waals surface area contributed by atoms with Crippen LogP contribution in [0.15, 0.2) is 76.5 Å². The van der Waals surface area contributed by atoms with Crippen molar-refractivity contribution in [3.63, 3.8) is 0 Å². The number of hydrogen-bond acceptors (Lipinski definition) is 5. The van der Waals surface area contributed by atoms with Gasteiger partial charge in [0.2, 0.25) is 11.8 Å². The van der Waals surface area contributed by atoms with E-state index < -0.39 is 28.5 Å². The van der Waals surface area contributed by atoms with Crippen molar-refractivity contribution in [3.8, 4) is 0 Å². The summed E-state index contributed by atoms with van der Waals surface area (Å²) >= 11 is 14.0. The van der Waals surface area contributed by atoms with Crippen molar-refractivity contribution in [2.75, 3.05) is 17.1 Å². The second kappa shape index (κ2) is 15.5. The molecular formula is C33H39Cl2N3O4S2. The largest absolute Gasteiger partial charge is 0.352 e. The number of benzene rings is 3. The molecule has 0 aliphatic heterocycles. The molecule has 1 N–H and O–H groups in total. The van der Waals surface area contributed by atoms with Gasteiger partial charge in [-0.05, 0) is 86.5 Å². The van der Waals surface area contributed by atoms with Gasteiger partial charge >= 0.3 is 0 Å². The molecule has 1 fully saturated rings. The van der Waals surface area contributed by atoms with Gasteiger partial charge in [0.15, 0.2) is 0 Å². The number of nitrogens with one attached hydrogen (secondary N) is 1. The number of carbonyl (C=O) groups excluding carboxylic acids is 2. The predicted molar refractivity (Wildman–Crippen MR) is 180 cm³/mol. The molecule has 0 aromatic heterocycles. The molecule has 236 valence electrons. The molecule has 1 atom stereocenters. The van der Waals surface area contributed by atoms with E-state index in [2.05, 4.69) is 5.32 Å². The van der Waals surface area contributed by atoms with Crippen molar-refractivity contribution in [3.05, 3.63) is 87.9 Å². The Kier molecular flexibility index (Phi) is 12.0. The van der Waals surface area contributed by atoms with Crippen LogP contribution in [-0.2, 0) is 26.2 Å². The third-order valence-corrected chi connectivity index (χ3v) is 11.2. The van der Waals surface area contributed by atoms with Crippen molar-refractivity contribution < 1.29 is 18.0 Å². The number of rotatable bonds is 12. The van der Waals surface area contributed by atoms with Gasteiger partial charge in [0, 0.05) is 17.5 Å². The minimum Gasteiger partial charge on any atom is -0.352 e. The number of nitrogens with zero attached hydrogens (tertiary/aromatic N) is 2. The third-order valence-electron chi connectivity index (χ3n) is 7.92. The van der Waals surface area contributed by atoms with Crippen LogP contribution < -0.4 is 9.62 Å². The number of aryl methyl sites for hydroxylation is 1. The zero-order valence-corrected chi connectivity index (χ0v) is 28.4. The van der Waals surface area contributed by atoms with Crippen molar-refractivity contribution in [2.45, 2.75) is 80.8 Å². The number of halogens is 2. The van der Waals surface area contributed by atoms with Gasteiger partial charge in [-0.3, -0.25) is 13.9 Å². The molecule has 0 saturated heterocycles. The maximum absolute atomic E-state index is 14.3. The first kappa shape index (κ1) is 34.2. The van der Waals surface area contributed by atoms with Gasteiger partial charge in [-0.25, -0.2) is 8.42 Å². The summed E-state index contributed by atoms with van der Waals surface area (Å²) in [5.41, 5.74) is 1.98. The van der Waals surface area contributed by atoms with E-state index in [0.717, 1.165) is 46.9 Å². The van der Waals surface area contributed by atoms with Gasteiger partial charge in [0.25, 0.3) is 10.0 Å². The number of hydrogen-bond donors (Lipinski definition) is 1. The molecular weight excluding hydrogens is 637 g/mol. The monoisotopic (exact) mass is 675 g/mol. The van der Waals surface area contributed by atoms with Gasteiger partial charge in [0.1, 0.15) is 12.6 Å². The lowest BCUT2D eigenvalue weighted by atomic mass is 9.95. The summed E-state index contributed by atoms with van der Waals surface area (Å²) in [6.45, 7) is 3.31. The van der Waals surface area contributed by atoms with Crippen molar-refractivity contribution in [1.29, 1.82) is 0 Å². The Balaban J connectivity index is 1.71. The minimum atomic E-state index is -4.14. The van der Waals surface area contributed by atoms with Gasteiger partial charge in [-0.2, -0.15) is 0 Å². The average Bonchev–Trinajstić information content (AvgIpc) is 3.02. The molecule has 1 saturated carbocycles. The summed E-state index contributed by atoms with van der Waals surface area (Å²) in [6, 6.07) is 17.9. The highest BCUT2D eigenvalue weighted by atomic mass is 35.5. The molecule has 0 spiro atoms. The molecule has 44 heavy (non-hydrogen) atoms. The fourth-order valence-electron chi connectivity index (χ4n) is 5.41. The topological polar surface area (TPSA) is 86.8 Å². The summed E-state index contributed by atoms with van der Waals surface area (Å²) < 4.78 is 29.3. The minimum absolute atomic E-state index is 0.0521. The second-order valence-electron chi connectivity index (χ2n) is 11.1. The van der Waals surface area contributed by atoms with E-state index in [9.17, 15) is 18.0 Å². The number of carbonyl (C=O) groups is 2. The summed E-state index contributed by atoms with van der Waals surface area (Å²) in [5.74, 6) is -0.753. The molecule has 1 aliphatic rings.